The number of hydrogen-bond acceptors (Lipinski definition) is 6. The highest BCUT2D eigenvalue weighted by Crippen LogP contribution is 2.20. The predicted octanol–water partition coefficient (Wildman–Crippen LogP) is 3.65. The number of ether oxygens (including phenoxy) is 2. The SMILES string of the molecule is CCNC(=NCc1nc(-c2cccc(Cl)c2)no1)NCCCOCC1CCCO1.I. The van der Waals surface area contributed by atoms with E-state index in [1.165, 1.54) is 0 Å². The minimum Gasteiger partial charge on any atom is -0.379 e. The molecule has 1 aliphatic heterocycles. The zero-order valence-electron chi connectivity index (χ0n) is 17.1. The Kier molecular flexibility index (Phi) is 11.4. The molecule has 0 bridgehead atoms. The van der Waals surface area contributed by atoms with E-state index in [1.54, 1.807) is 12.1 Å². The second-order valence-electron chi connectivity index (χ2n) is 6.71. The maximum absolute atomic E-state index is 6.01. The van der Waals surface area contributed by atoms with E-state index < -0.39 is 0 Å². The minimum atomic E-state index is 0. The van der Waals surface area contributed by atoms with Gasteiger partial charge in [0, 0.05) is 36.9 Å². The molecule has 1 unspecified atom stereocenters. The van der Waals surface area contributed by atoms with Gasteiger partial charge in [-0.25, -0.2) is 4.99 Å². The number of aliphatic imine (C=N–C) groups is 1. The van der Waals surface area contributed by atoms with Gasteiger partial charge in [-0.05, 0) is 38.3 Å². The van der Waals surface area contributed by atoms with Crippen molar-refractivity contribution in [1.82, 2.24) is 20.8 Å². The molecule has 0 spiro atoms. The average molecular weight is 550 g/mol. The van der Waals surface area contributed by atoms with E-state index >= 15 is 0 Å². The third-order valence-corrected chi connectivity index (χ3v) is 4.59. The van der Waals surface area contributed by atoms with Crippen LogP contribution in [0.4, 0.5) is 0 Å². The Labute approximate surface area is 199 Å². The fourth-order valence-corrected chi connectivity index (χ4v) is 3.11. The number of halogens is 2. The third kappa shape index (κ3) is 8.37. The van der Waals surface area contributed by atoms with Crippen molar-refractivity contribution in [3.05, 3.63) is 35.2 Å². The zero-order chi connectivity index (χ0) is 20.3. The third-order valence-electron chi connectivity index (χ3n) is 4.35. The van der Waals surface area contributed by atoms with Crippen LogP contribution >= 0.6 is 35.6 Å². The van der Waals surface area contributed by atoms with Gasteiger partial charge in [0.05, 0.1) is 12.7 Å². The van der Waals surface area contributed by atoms with Gasteiger partial charge in [0.15, 0.2) is 5.96 Å². The van der Waals surface area contributed by atoms with Crippen LogP contribution < -0.4 is 10.6 Å². The van der Waals surface area contributed by atoms with Crippen LogP contribution in [0.1, 0.15) is 32.1 Å². The molecule has 1 aliphatic rings. The molecule has 30 heavy (non-hydrogen) atoms. The van der Waals surface area contributed by atoms with E-state index in [0.717, 1.165) is 44.5 Å². The van der Waals surface area contributed by atoms with Crippen LogP contribution in [0.15, 0.2) is 33.8 Å². The maximum Gasteiger partial charge on any atom is 0.248 e. The fourth-order valence-electron chi connectivity index (χ4n) is 2.92. The lowest BCUT2D eigenvalue weighted by molar-refractivity contribution is 0.0168. The average Bonchev–Trinajstić information content (AvgIpc) is 3.40. The summed E-state index contributed by atoms with van der Waals surface area (Å²) in [6.07, 6.45) is 3.40. The van der Waals surface area contributed by atoms with Crippen LogP contribution in [0.25, 0.3) is 11.4 Å². The summed E-state index contributed by atoms with van der Waals surface area (Å²) in [4.78, 5) is 8.88. The second kappa shape index (κ2) is 13.8. The Hall–Kier alpha value is -1.43. The van der Waals surface area contributed by atoms with Crippen LogP contribution in [-0.2, 0) is 16.0 Å². The lowest BCUT2D eigenvalue weighted by Crippen LogP contribution is -2.38. The lowest BCUT2D eigenvalue weighted by Gasteiger charge is -2.12. The summed E-state index contributed by atoms with van der Waals surface area (Å²) in [6.45, 7) is 6.07. The van der Waals surface area contributed by atoms with Gasteiger partial charge >= 0.3 is 0 Å². The smallest absolute Gasteiger partial charge is 0.248 e. The molecule has 1 aromatic heterocycles. The molecule has 0 radical (unpaired) electrons. The van der Waals surface area contributed by atoms with E-state index in [2.05, 4.69) is 25.8 Å². The second-order valence-corrected chi connectivity index (χ2v) is 7.14. The Morgan fingerprint density at radius 1 is 1.37 bits per heavy atom. The minimum absolute atomic E-state index is 0. The number of benzene rings is 1. The molecule has 2 heterocycles. The molecule has 8 nitrogen and oxygen atoms in total. The van der Waals surface area contributed by atoms with Gasteiger partial charge in [-0.1, -0.05) is 28.9 Å². The van der Waals surface area contributed by atoms with Crippen molar-refractivity contribution in [1.29, 1.82) is 0 Å². The maximum atomic E-state index is 6.01. The van der Waals surface area contributed by atoms with Gasteiger partial charge in [-0.2, -0.15) is 4.98 Å². The first-order valence-corrected chi connectivity index (χ1v) is 10.4. The molecule has 0 aliphatic carbocycles. The summed E-state index contributed by atoms with van der Waals surface area (Å²) in [5.41, 5.74) is 0.810. The van der Waals surface area contributed by atoms with Gasteiger partial charge in [0.25, 0.3) is 0 Å². The van der Waals surface area contributed by atoms with Gasteiger partial charge < -0.3 is 24.6 Å². The Bertz CT molecular complexity index is 783. The van der Waals surface area contributed by atoms with Gasteiger partial charge in [-0.15, -0.1) is 24.0 Å². The molecule has 166 valence electrons. The molecule has 1 aromatic carbocycles. The molecule has 1 fully saturated rings. The molecule has 2 aromatic rings. The first-order chi connectivity index (χ1) is 14.2. The monoisotopic (exact) mass is 549 g/mol. The van der Waals surface area contributed by atoms with E-state index in [0.29, 0.717) is 42.5 Å². The molecule has 3 rings (SSSR count). The summed E-state index contributed by atoms with van der Waals surface area (Å²) in [7, 11) is 0. The summed E-state index contributed by atoms with van der Waals surface area (Å²) in [6, 6.07) is 7.34. The highest BCUT2D eigenvalue weighted by molar-refractivity contribution is 14.0. The number of guanidine groups is 1. The Morgan fingerprint density at radius 2 is 2.27 bits per heavy atom. The molecule has 1 atom stereocenters. The van der Waals surface area contributed by atoms with E-state index in [-0.39, 0.29) is 30.1 Å². The Balaban J connectivity index is 0.00000320. The summed E-state index contributed by atoms with van der Waals surface area (Å²) in [5.74, 6) is 1.64. The first kappa shape index (κ1) is 24.8. The topological polar surface area (TPSA) is 93.8 Å². The van der Waals surface area contributed by atoms with E-state index in [1.807, 2.05) is 19.1 Å². The molecular weight excluding hydrogens is 521 g/mol. The summed E-state index contributed by atoms with van der Waals surface area (Å²) in [5, 5.41) is 11.1. The van der Waals surface area contributed by atoms with E-state index in [4.69, 9.17) is 25.6 Å². The zero-order valence-corrected chi connectivity index (χ0v) is 20.2. The van der Waals surface area contributed by atoms with Crippen LogP contribution in [0.2, 0.25) is 5.02 Å². The van der Waals surface area contributed by atoms with Crippen molar-refractivity contribution < 1.29 is 14.0 Å². The van der Waals surface area contributed by atoms with Crippen molar-refractivity contribution >= 4 is 41.5 Å². The van der Waals surface area contributed by atoms with Crippen LogP contribution in [0, 0.1) is 0 Å². The molecule has 10 heteroatoms. The quantitative estimate of drug-likeness (QED) is 0.202. The number of rotatable bonds is 10. The van der Waals surface area contributed by atoms with Gasteiger partial charge in [0.2, 0.25) is 11.7 Å². The number of nitrogens with one attached hydrogen (secondary N) is 2. The van der Waals surface area contributed by atoms with Crippen molar-refractivity contribution in [3.63, 3.8) is 0 Å². The summed E-state index contributed by atoms with van der Waals surface area (Å²) >= 11 is 6.01. The number of nitrogens with zero attached hydrogens (tertiary/aromatic N) is 3. The highest BCUT2D eigenvalue weighted by atomic mass is 127. The lowest BCUT2D eigenvalue weighted by atomic mass is 10.2. The summed E-state index contributed by atoms with van der Waals surface area (Å²) < 4.78 is 16.5. The fraction of sp³-hybridized carbons (Fsp3) is 0.550. The number of hydrogen-bond donors (Lipinski definition) is 2. The van der Waals surface area contributed by atoms with Crippen LogP contribution in [0.3, 0.4) is 0 Å². The standard InChI is InChI=1S/C20H28ClN5O3.HI/c1-2-22-20(23-9-5-10-27-14-17-8-4-11-28-17)24-13-18-25-19(26-29-18)15-6-3-7-16(21)12-15;/h3,6-7,12,17H,2,4-5,8-11,13-14H2,1H3,(H2,22,23,24);1H. The highest BCUT2D eigenvalue weighted by Gasteiger charge is 2.15. The van der Waals surface area contributed by atoms with Crippen LogP contribution in [0.5, 0.6) is 0 Å². The van der Waals surface area contributed by atoms with Crippen molar-refractivity contribution in [2.75, 3.05) is 32.9 Å². The predicted molar refractivity (Wildman–Crippen MR) is 127 cm³/mol. The molecule has 0 saturated carbocycles. The normalized spacial score (nSPS) is 16.3. The largest absolute Gasteiger partial charge is 0.379 e. The van der Waals surface area contributed by atoms with Gasteiger partial charge in [-0.3, -0.25) is 0 Å². The van der Waals surface area contributed by atoms with Crippen molar-refractivity contribution in [2.24, 2.45) is 4.99 Å². The molecule has 1 saturated heterocycles. The van der Waals surface area contributed by atoms with Gasteiger partial charge in [0.1, 0.15) is 6.54 Å². The molecule has 0 amide bonds. The van der Waals surface area contributed by atoms with Crippen molar-refractivity contribution in [2.45, 2.75) is 38.8 Å². The van der Waals surface area contributed by atoms with E-state index in [9.17, 15) is 0 Å². The molecular formula is C20H29ClIN5O3. The number of aromatic nitrogens is 2. The molecule has 2 N–H and O–H groups in total. The Morgan fingerprint density at radius 3 is 3.03 bits per heavy atom. The first-order valence-electron chi connectivity index (χ1n) is 10.0. The van der Waals surface area contributed by atoms with Crippen molar-refractivity contribution in [3.8, 4) is 11.4 Å². The van der Waals surface area contributed by atoms with Crippen LogP contribution in [-0.4, -0.2) is 55.1 Å².